The summed E-state index contributed by atoms with van der Waals surface area (Å²) in [6.07, 6.45) is 1.49. The van der Waals surface area contributed by atoms with Crippen molar-refractivity contribution < 1.29 is 4.79 Å². The molecule has 0 N–H and O–H groups in total. The van der Waals surface area contributed by atoms with Crippen molar-refractivity contribution in [2.75, 3.05) is 18.0 Å². The molecule has 0 heterocycles. The first-order valence-corrected chi connectivity index (χ1v) is 7.19. The zero-order chi connectivity index (χ0) is 14.2. The molecule has 0 atom stereocenters. The van der Waals surface area contributed by atoms with Gasteiger partial charge in [-0.25, -0.2) is 0 Å². The van der Waals surface area contributed by atoms with Crippen LogP contribution in [0.4, 0.5) is 5.69 Å². The van der Waals surface area contributed by atoms with Crippen molar-refractivity contribution >= 4 is 11.5 Å². The van der Waals surface area contributed by atoms with E-state index >= 15 is 0 Å². The second kappa shape index (κ2) is 7.49. The van der Waals surface area contributed by atoms with E-state index < -0.39 is 0 Å². The van der Waals surface area contributed by atoms with Gasteiger partial charge in [-0.1, -0.05) is 48.5 Å². The van der Waals surface area contributed by atoms with Crippen LogP contribution in [0.15, 0.2) is 60.7 Å². The lowest BCUT2D eigenvalue weighted by Crippen LogP contribution is -2.24. The normalized spacial score (nSPS) is 10.2. The largest absolute Gasteiger partial charge is 0.372 e. The molecule has 2 rings (SSSR count). The number of ketones is 1. The Bertz CT molecular complexity index is 522. The summed E-state index contributed by atoms with van der Waals surface area (Å²) < 4.78 is 0. The van der Waals surface area contributed by atoms with E-state index in [4.69, 9.17) is 0 Å². The van der Waals surface area contributed by atoms with Crippen LogP contribution >= 0.6 is 0 Å². The van der Waals surface area contributed by atoms with Gasteiger partial charge in [0.2, 0.25) is 0 Å². The highest BCUT2D eigenvalue weighted by molar-refractivity contribution is 5.95. The van der Waals surface area contributed by atoms with Crippen LogP contribution in [0.5, 0.6) is 0 Å². The fourth-order valence-corrected chi connectivity index (χ4v) is 2.31. The summed E-state index contributed by atoms with van der Waals surface area (Å²) in [4.78, 5) is 14.3. The number of hydrogen-bond acceptors (Lipinski definition) is 2. The molecule has 0 amide bonds. The molecule has 0 aliphatic rings. The Labute approximate surface area is 121 Å². The van der Waals surface area contributed by atoms with Gasteiger partial charge in [0.1, 0.15) is 0 Å². The molecule has 0 aliphatic heterocycles. The van der Waals surface area contributed by atoms with Crippen LogP contribution in [0, 0.1) is 0 Å². The van der Waals surface area contributed by atoms with Crippen molar-refractivity contribution in [3.05, 3.63) is 66.2 Å². The molecule has 0 unspecified atom stereocenters. The number of benzene rings is 2. The topological polar surface area (TPSA) is 20.3 Å². The molecule has 0 saturated heterocycles. The van der Waals surface area contributed by atoms with Crippen LogP contribution in [0.3, 0.4) is 0 Å². The summed E-state index contributed by atoms with van der Waals surface area (Å²) in [5, 5.41) is 0. The first kappa shape index (κ1) is 14.3. The Morgan fingerprint density at radius 3 is 2.15 bits per heavy atom. The van der Waals surface area contributed by atoms with Gasteiger partial charge in [-0.2, -0.15) is 0 Å². The molecule has 0 saturated carbocycles. The standard InChI is InChI=1S/C18H21NO/c1-2-19(17-12-7-4-8-13-17)15-9-14-18(20)16-10-5-3-6-11-16/h3-8,10-13H,2,9,14-15H2,1H3. The van der Waals surface area contributed by atoms with Gasteiger partial charge in [0.05, 0.1) is 0 Å². The Hall–Kier alpha value is -2.09. The molecule has 0 fully saturated rings. The molecule has 2 nitrogen and oxygen atoms in total. The zero-order valence-corrected chi connectivity index (χ0v) is 12.0. The molecule has 0 bridgehead atoms. The lowest BCUT2D eigenvalue weighted by atomic mass is 10.1. The smallest absolute Gasteiger partial charge is 0.162 e. The summed E-state index contributed by atoms with van der Waals surface area (Å²) in [6.45, 7) is 4.02. The van der Waals surface area contributed by atoms with E-state index in [1.165, 1.54) is 5.69 Å². The number of anilines is 1. The SMILES string of the molecule is CCN(CCCC(=O)c1ccccc1)c1ccccc1. The molecule has 20 heavy (non-hydrogen) atoms. The third-order valence-electron chi connectivity index (χ3n) is 3.43. The molecule has 0 aliphatic carbocycles. The second-order valence-electron chi connectivity index (χ2n) is 4.81. The van der Waals surface area contributed by atoms with Crippen molar-refractivity contribution in [2.45, 2.75) is 19.8 Å². The molecule has 0 radical (unpaired) electrons. The average molecular weight is 267 g/mol. The maximum absolute atomic E-state index is 12.0. The van der Waals surface area contributed by atoms with Crippen molar-refractivity contribution in [3.63, 3.8) is 0 Å². The van der Waals surface area contributed by atoms with E-state index in [-0.39, 0.29) is 5.78 Å². The van der Waals surface area contributed by atoms with Gasteiger partial charge in [-0.05, 0) is 25.5 Å². The summed E-state index contributed by atoms with van der Waals surface area (Å²) in [5.74, 6) is 0.231. The van der Waals surface area contributed by atoms with E-state index in [2.05, 4.69) is 24.0 Å². The maximum Gasteiger partial charge on any atom is 0.162 e. The highest BCUT2D eigenvalue weighted by Gasteiger charge is 2.07. The fourth-order valence-electron chi connectivity index (χ4n) is 2.31. The van der Waals surface area contributed by atoms with Gasteiger partial charge in [-0.3, -0.25) is 4.79 Å². The third kappa shape index (κ3) is 3.95. The van der Waals surface area contributed by atoms with Gasteiger partial charge >= 0.3 is 0 Å². The first-order chi connectivity index (χ1) is 9.81. The van der Waals surface area contributed by atoms with Gasteiger partial charge in [0.15, 0.2) is 5.78 Å². The molecular formula is C18H21NO. The Balaban J connectivity index is 1.84. The molecule has 2 aromatic carbocycles. The minimum Gasteiger partial charge on any atom is -0.372 e. The van der Waals surface area contributed by atoms with Crippen LogP contribution in [0.25, 0.3) is 0 Å². The van der Waals surface area contributed by atoms with Crippen LogP contribution in [0.1, 0.15) is 30.1 Å². The Morgan fingerprint density at radius 1 is 0.950 bits per heavy atom. The number of rotatable bonds is 7. The second-order valence-corrected chi connectivity index (χ2v) is 4.81. The summed E-state index contributed by atoms with van der Waals surface area (Å²) in [7, 11) is 0. The highest BCUT2D eigenvalue weighted by atomic mass is 16.1. The highest BCUT2D eigenvalue weighted by Crippen LogP contribution is 2.14. The van der Waals surface area contributed by atoms with E-state index in [9.17, 15) is 4.79 Å². The molecule has 2 heteroatoms. The number of hydrogen-bond donors (Lipinski definition) is 0. The quantitative estimate of drug-likeness (QED) is 0.701. The first-order valence-electron chi connectivity index (χ1n) is 7.19. The van der Waals surface area contributed by atoms with E-state index in [1.807, 2.05) is 48.5 Å². The van der Waals surface area contributed by atoms with Crippen LogP contribution in [-0.4, -0.2) is 18.9 Å². The molecular weight excluding hydrogens is 246 g/mol. The molecule has 0 aromatic heterocycles. The van der Waals surface area contributed by atoms with E-state index in [0.29, 0.717) is 6.42 Å². The van der Waals surface area contributed by atoms with Crippen molar-refractivity contribution in [2.24, 2.45) is 0 Å². The average Bonchev–Trinajstić information content (AvgIpc) is 2.53. The Morgan fingerprint density at radius 2 is 1.55 bits per heavy atom. The fraction of sp³-hybridized carbons (Fsp3) is 0.278. The van der Waals surface area contributed by atoms with E-state index in [1.54, 1.807) is 0 Å². The molecule has 2 aromatic rings. The molecule has 104 valence electrons. The minimum absolute atomic E-state index is 0.231. The maximum atomic E-state index is 12.0. The van der Waals surface area contributed by atoms with Crippen LogP contribution in [0.2, 0.25) is 0 Å². The lowest BCUT2D eigenvalue weighted by molar-refractivity contribution is 0.0980. The van der Waals surface area contributed by atoms with Crippen molar-refractivity contribution in [3.8, 4) is 0 Å². The van der Waals surface area contributed by atoms with Gasteiger partial charge < -0.3 is 4.90 Å². The van der Waals surface area contributed by atoms with E-state index in [0.717, 1.165) is 25.1 Å². The number of carbonyl (C=O) groups excluding carboxylic acids is 1. The van der Waals surface area contributed by atoms with Crippen molar-refractivity contribution in [1.29, 1.82) is 0 Å². The lowest BCUT2D eigenvalue weighted by Gasteiger charge is -2.22. The van der Waals surface area contributed by atoms with Crippen molar-refractivity contribution in [1.82, 2.24) is 0 Å². The predicted octanol–water partition coefficient (Wildman–Crippen LogP) is 4.18. The number of carbonyl (C=O) groups is 1. The van der Waals surface area contributed by atoms with Crippen LogP contribution in [-0.2, 0) is 0 Å². The number of para-hydroxylation sites is 1. The summed E-state index contributed by atoms with van der Waals surface area (Å²) in [5.41, 5.74) is 2.04. The van der Waals surface area contributed by atoms with Gasteiger partial charge in [0, 0.05) is 30.8 Å². The number of Topliss-reactive ketones (excluding diaryl/α,β-unsaturated/α-hetero) is 1. The third-order valence-corrected chi connectivity index (χ3v) is 3.43. The summed E-state index contributed by atoms with van der Waals surface area (Å²) in [6, 6.07) is 19.9. The number of nitrogens with zero attached hydrogens (tertiary/aromatic N) is 1. The Kier molecular flexibility index (Phi) is 5.36. The monoisotopic (exact) mass is 267 g/mol. The summed E-state index contributed by atoms with van der Waals surface area (Å²) >= 11 is 0. The van der Waals surface area contributed by atoms with Crippen LogP contribution < -0.4 is 4.90 Å². The predicted molar refractivity (Wildman–Crippen MR) is 84.3 cm³/mol. The van der Waals surface area contributed by atoms with Gasteiger partial charge in [0.25, 0.3) is 0 Å². The van der Waals surface area contributed by atoms with Gasteiger partial charge in [-0.15, -0.1) is 0 Å². The minimum atomic E-state index is 0.231. The zero-order valence-electron chi connectivity index (χ0n) is 12.0. The molecule has 0 spiro atoms.